The standard InChI is InChI=1S/C45H89NO4/c1-3-5-7-9-11-13-15-17-19-21-22-23-24-25-27-29-31-33-35-37-39-43(48)45(50)42(41-47)46-44(49)40-38-36-34-32-30-28-26-20-18-16-14-12-10-8-6-4-2/h20,26,42-43,45,47-48,50H,3-19,21-25,27-41H2,1-2H3,(H,46,49)/b26-20-. The van der Waals surface area contributed by atoms with Gasteiger partial charge in [-0.05, 0) is 38.5 Å². The molecule has 0 aliphatic rings. The first kappa shape index (κ1) is 49.1. The Balaban J connectivity index is 3.60. The van der Waals surface area contributed by atoms with E-state index in [0.717, 1.165) is 44.9 Å². The van der Waals surface area contributed by atoms with E-state index in [0.29, 0.717) is 12.8 Å². The van der Waals surface area contributed by atoms with Gasteiger partial charge in [0, 0.05) is 6.42 Å². The Labute approximate surface area is 312 Å². The van der Waals surface area contributed by atoms with Crippen molar-refractivity contribution in [3.05, 3.63) is 12.2 Å². The summed E-state index contributed by atoms with van der Waals surface area (Å²) in [4.78, 5) is 12.4. The van der Waals surface area contributed by atoms with E-state index in [2.05, 4.69) is 31.3 Å². The van der Waals surface area contributed by atoms with Gasteiger partial charge < -0.3 is 20.6 Å². The fourth-order valence-electron chi connectivity index (χ4n) is 7.10. The van der Waals surface area contributed by atoms with Gasteiger partial charge in [-0.15, -0.1) is 0 Å². The number of aliphatic hydroxyl groups is 3. The number of rotatable bonds is 41. The van der Waals surface area contributed by atoms with Crippen molar-refractivity contribution in [2.45, 2.75) is 263 Å². The molecular weight excluding hydrogens is 618 g/mol. The Morgan fingerprint density at radius 2 is 0.800 bits per heavy atom. The van der Waals surface area contributed by atoms with E-state index >= 15 is 0 Å². The summed E-state index contributed by atoms with van der Waals surface area (Å²) in [6.07, 6.45) is 47.5. The summed E-state index contributed by atoms with van der Waals surface area (Å²) >= 11 is 0. The summed E-state index contributed by atoms with van der Waals surface area (Å²) in [5, 5.41) is 33.6. The van der Waals surface area contributed by atoms with Gasteiger partial charge in [0.2, 0.25) is 5.91 Å². The summed E-state index contributed by atoms with van der Waals surface area (Å²) in [7, 11) is 0. The van der Waals surface area contributed by atoms with Gasteiger partial charge in [0.1, 0.15) is 6.10 Å². The lowest BCUT2D eigenvalue weighted by Crippen LogP contribution is -2.50. The van der Waals surface area contributed by atoms with Crippen LogP contribution in [0.1, 0.15) is 245 Å². The topological polar surface area (TPSA) is 89.8 Å². The van der Waals surface area contributed by atoms with Crippen LogP contribution in [0.3, 0.4) is 0 Å². The quantitative estimate of drug-likeness (QED) is 0.0376. The smallest absolute Gasteiger partial charge is 0.220 e. The molecule has 50 heavy (non-hydrogen) atoms. The average molecular weight is 708 g/mol. The molecule has 5 heteroatoms. The number of nitrogens with one attached hydrogen (secondary N) is 1. The molecule has 0 aromatic carbocycles. The third-order valence-electron chi connectivity index (χ3n) is 10.6. The van der Waals surface area contributed by atoms with E-state index in [1.165, 1.54) is 173 Å². The Hall–Kier alpha value is -0.910. The van der Waals surface area contributed by atoms with Gasteiger partial charge in [0.15, 0.2) is 0 Å². The minimum Gasteiger partial charge on any atom is -0.394 e. The zero-order valence-corrected chi connectivity index (χ0v) is 33.8. The number of hydrogen-bond acceptors (Lipinski definition) is 4. The first-order chi connectivity index (χ1) is 24.6. The summed E-state index contributed by atoms with van der Waals surface area (Å²) in [6, 6.07) is -0.810. The molecule has 4 N–H and O–H groups in total. The highest BCUT2D eigenvalue weighted by atomic mass is 16.3. The second-order valence-corrected chi connectivity index (χ2v) is 15.6. The van der Waals surface area contributed by atoms with Gasteiger partial charge >= 0.3 is 0 Å². The molecule has 0 aromatic heterocycles. The molecule has 3 unspecified atom stereocenters. The SMILES string of the molecule is CCCCCCCCC/C=C\CCCCCCCC(=O)NC(CO)C(O)C(O)CCCCCCCCCCCCCCCCCCCCCC. The molecule has 0 aliphatic heterocycles. The van der Waals surface area contributed by atoms with Gasteiger partial charge in [-0.2, -0.15) is 0 Å². The summed E-state index contributed by atoms with van der Waals surface area (Å²) in [6.45, 7) is 4.19. The van der Waals surface area contributed by atoms with Crippen LogP contribution >= 0.6 is 0 Å². The molecule has 0 radical (unpaired) electrons. The molecule has 5 nitrogen and oxygen atoms in total. The van der Waals surface area contributed by atoms with Crippen molar-refractivity contribution in [2.75, 3.05) is 6.61 Å². The number of carbonyl (C=O) groups excluding carboxylic acids is 1. The summed E-state index contributed by atoms with van der Waals surface area (Å²) in [5.41, 5.74) is 0. The molecule has 1 amide bonds. The predicted molar refractivity (Wildman–Crippen MR) is 218 cm³/mol. The van der Waals surface area contributed by atoms with Crippen molar-refractivity contribution in [1.29, 1.82) is 0 Å². The third kappa shape index (κ3) is 35.5. The van der Waals surface area contributed by atoms with Gasteiger partial charge in [0.25, 0.3) is 0 Å². The molecule has 0 bridgehead atoms. The highest BCUT2D eigenvalue weighted by molar-refractivity contribution is 5.76. The predicted octanol–water partition coefficient (Wildman–Crippen LogP) is 12.8. The minimum atomic E-state index is -1.14. The van der Waals surface area contributed by atoms with E-state index in [1.807, 2.05) is 0 Å². The van der Waals surface area contributed by atoms with Crippen LogP contribution in [0.2, 0.25) is 0 Å². The van der Waals surface area contributed by atoms with E-state index in [4.69, 9.17) is 0 Å². The first-order valence-electron chi connectivity index (χ1n) is 22.5. The highest BCUT2D eigenvalue weighted by Crippen LogP contribution is 2.17. The molecule has 0 aromatic rings. The van der Waals surface area contributed by atoms with Crippen LogP contribution in [0, 0.1) is 0 Å². The fourth-order valence-corrected chi connectivity index (χ4v) is 7.10. The van der Waals surface area contributed by atoms with Crippen molar-refractivity contribution < 1.29 is 20.1 Å². The maximum Gasteiger partial charge on any atom is 0.220 e. The van der Waals surface area contributed by atoms with Crippen LogP contribution in [0.15, 0.2) is 12.2 Å². The second-order valence-electron chi connectivity index (χ2n) is 15.6. The Morgan fingerprint density at radius 3 is 1.16 bits per heavy atom. The number of aliphatic hydroxyl groups excluding tert-OH is 3. The maximum atomic E-state index is 12.4. The minimum absolute atomic E-state index is 0.151. The lowest BCUT2D eigenvalue weighted by atomic mass is 9.99. The van der Waals surface area contributed by atoms with E-state index in [9.17, 15) is 20.1 Å². The lowest BCUT2D eigenvalue weighted by molar-refractivity contribution is -0.124. The number of allylic oxidation sites excluding steroid dienone is 2. The van der Waals surface area contributed by atoms with Crippen LogP contribution in [0.4, 0.5) is 0 Å². The largest absolute Gasteiger partial charge is 0.394 e. The summed E-state index contributed by atoms with van der Waals surface area (Å²) < 4.78 is 0. The van der Waals surface area contributed by atoms with Crippen molar-refractivity contribution >= 4 is 5.91 Å². The lowest BCUT2D eigenvalue weighted by Gasteiger charge is -2.26. The molecule has 0 rings (SSSR count). The van der Waals surface area contributed by atoms with Crippen molar-refractivity contribution in [2.24, 2.45) is 0 Å². The van der Waals surface area contributed by atoms with Gasteiger partial charge in [-0.3, -0.25) is 4.79 Å². The van der Waals surface area contributed by atoms with Gasteiger partial charge in [-0.1, -0.05) is 212 Å². The number of carbonyl (C=O) groups is 1. The van der Waals surface area contributed by atoms with Crippen LogP contribution < -0.4 is 5.32 Å². The van der Waals surface area contributed by atoms with Crippen molar-refractivity contribution in [3.8, 4) is 0 Å². The van der Waals surface area contributed by atoms with Crippen LogP contribution in [0.5, 0.6) is 0 Å². The third-order valence-corrected chi connectivity index (χ3v) is 10.6. The maximum absolute atomic E-state index is 12.4. The number of unbranched alkanes of at least 4 members (excludes halogenated alkanes) is 31. The molecule has 3 atom stereocenters. The van der Waals surface area contributed by atoms with E-state index in [1.54, 1.807) is 0 Å². The highest BCUT2D eigenvalue weighted by Gasteiger charge is 2.26. The normalized spacial score (nSPS) is 13.6. The fraction of sp³-hybridized carbons (Fsp3) is 0.933. The zero-order valence-electron chi connectivity index (χ0n) is 33.8. The second kappa shape index (κ2) is 40.9. The van der Waals surface area contributed by atoms with E-state index < -0.39 is 18.2 Å². The van der Waals surface area contributed by atoms with Crippen molar-refractivity contribution in [3.63, 3.8) is 0 Å². The molecular formula is C45H89NO4. The number of hydrogen-bond donors (Lipinski definition) is 4. The first-order valence-corrected chi connectivity index (χ1v) is 22.5. The average Bonchev–Trinajstić information content (AvgIpc) is 3.12. The number of amides is 1. The molecule has 0 saturated carbocycles. The molecule has 0 aliphatic carbocycles. The molecule has 0 spiro atoms. The Morgan fingerprint density at radius 1 is 0.480 bits per heavy atom. The Bertz CT molecular complexity index is 699. The van der Waals surface area contributed by atoms with Crippen LogP contribution in [-0.4, -0.2) is 46.1 Å². The summed E-state index contributed by atoms with van der Waals surface area (Å²) in [5.74, 6) is -0.151. The van der Waals surface area contributed by atoms with Crippen molar-refractivity contribution in [1.82, 2.24) is 5.32 Å². The molecule has 298 valence electrons. The molecule has 0 fully saturated rings. The van der Waals surface area contributed by atoms with Gasteiger partial charge in [0.05, 0.1) is 18.8 Å². The monoisotopic (exact) mass is 708 g/mol. The molecule has 0 saturated heterocycles. The zero-order chi connectivity index (χ0) is 36.6. The van der Waals surface area contributed by atoms with E-state index in [-0.39, 0.29) is 12.5 Å². The Kier molecular flexibility index (Phi) is 40.1. The van der Waals surface area contributed by atoms with Gasteiger partial charge in [-0.25, -0.2) is 0 Å². The van der Waals surface area contributed by atoms with Crippen LogP contribution in [-0.2, 0) is 4.79 Å². The van der Waals surface area contributed by atoms with Crippen LogP contribution in [0.25, 0.3) is 0 Å². The molecule has 0 heterocycles.